The molecular weight excluding hydrogens is 348 g/mol. The molecule has 1 amide bonds. The number of methoxy groups -OCH3 is 1. The first-order valence-corrected chi connectivity index (χ1v) is 9.31. The van der Waals surface area contributed by atoms with Gasteiger partial charge in [-0.05, 0) is 36.4 Å². The standard InChI is InChI=1S/C20H18N2O3S/c1-25-19(24)20(8-9-20)12-21-18(23)14-11-16(17-7-4-10-26-17)22-15-6-3-2-5-13(14)15/h2-7,10-11H,8-9,12H2,1H3,(H,21,23). The minimum Gasteiger partial charge on any atom is -0.469 e. The lowest BCUT2D eigenvalue weighted by Gasteiger charge is -2.14. The maximum absolute atomic E-state index is 12.9. The molecule has 2 heterocycles. The number of hydrogen-bond acceptors (Lipinski definition) is 5. The minimum absolute atomic E-state index is 0.198. The minimum atomic E-state index is -0.552. The molecule has 0 saturated heterocycles. The van der Waals surface area contributed by atoms with E-state index in [1.807, 2.05) is 47.8 Å². The van der Waals surface area contributed by atoms with Crippen LogP contribution in [-0.4, -0.2) is 30.5 Å². The molecule has 4 rings (SSSR count). The van der Waals surface area contributed by atoms with Gasteiger partial charge in [-0.3, -0.25) is 9.59 Å². The Hall–Kier alpha value is -2.73. The van der Waals surface area contributed by atoms with E-state index in [1.165, 1.54) is 7.11 Å². The van der Waals surface area contributed by atoms with Crippen molar-refractivity contribution in [2.45, 2.75) is 12.8 Å². The van der Waals surface area contributed by atoms with Gasteiger partial charge in [0.15, 0.2) is 0 Å². The lowest BCUT2D eigenvalue weighted by Crippen LogP contribution is -2.35. The van der Waals surface area contributed by atoms with Crippen molar-refractivity contribution in [2.24, 2.45) is 5.41 Å². The number of thiophene rings is 1. The van der Waals surface area contributed by atoms with Gasteiger partial charge in [0, 0.05) is 11.9 Å². The smallest absolute Gasteiger partial charge is 0.313 e. The van der Waals surface area contributed by atoms with Gasteiger partial charge in [0.25, 0.3) is 5.91 Å². The van der Waals surface area contributed by atoms with E-state index in [2.05, 4.69) is 10.3 Å². The third-order valence-corrected chi connectivity index (χ3v) is 5.69. The summed E-state index contributed by atoms with van der Waals surface area (Å²) in [6.45, 7) is 0.295. The largest absolute Gasteiger partial charge is 0.469 e. The fourth-order valence-electron chi connectivity index (χ4n) is 3.08. The average Bonchev–Trinajstić information content (AvgIpc) is 3.27. The van der Waals surface area contributed by atoms with Crippen LogP contribution < -0.4 is 5.32 Å². The summed E-state index contributed by atoms with van der Waals surface area (Å²) in [5, 5.41) is 5.70. The predicted octanol–water partition coefficient (Wildman–Crippen LogP) is 3.65. The molecule has 2 aromatic heterocycles. The molecule has 1 saturated carbocycles. The molecule has 1 aromatic carbocycles. The second-order valence-electron chi connectivity index (χ2n) is 6.50. The van der Waals surface area contributed by atoms with E-state index in [-0.39, 0.29) is 11.9 Å². The number of carbonyl (C=O) groups excluding carboxylic acids is 2. The first-order chi connectivity index (χ1) is 12.6. The summed E-state index contributed by atoms with van der Waals surface area (Å²) in [7, 11) is 1.38. The molecule has 26 heavy (non-hydrogen) atoms. The van der Waals surface area contributed by atoms with Gasteiger partial charge < -0.3 is 10.1 Å². The molecule has 1 N–H and O–H groups in total. The Balaban J connectivity index is 1.66. The monoisotopic (exact) mass is 366 g/mol. The molecule has 132 valence electrons. The zero-order valence-electron chi connectivity index (χ0n) is 14.3. The van der Waals surface area contributed by atoms with Gasteiger partial charge >= 0.3 is 5.97 Å². The Labute approximate surface area is 155 Å². The number of amides is 1. The molecule has 5 nitrogen and oxygen atoms in total. The zero-order chi connectivity index (χ0) is 18.1. The summed E-state index contributed by atoms with van der Waals surface area (Å²) >= 11 is 1.58. The SMILES string of the molecule is COC(=O)C1(CNC(=O)c2cc(-c3cccs3)nc3ccccc23)CC1. The van der Waals surface area contributed by atoms with Crippen molar-refractivity contribution in [1.82, 2.24) is 10.3 Å². The Kier molecular flexibility index (Phi) is 4.20. The van der Waals surface area contributed by atoms with Crippen molar-refractivity contribution < 1.29 is 14.3 Å². The lowest BCUT2D eigenvalue weighted by molar-refractivity contribution is -0.146. The number of nitrogens with zero attached hydrogens (tertiary/aromatic N) is 1. The van der Waals surface area contributed by atoms with Crippen LogP contribution in [0.15, 0.2) is 47.8 Å². The molecule has 1 fully saturated rings. The number of benzene rings is 1. The van der Waals surface area contributed by atoms with Crippen LogP contribution in [0, 0.1) is 5.41 Å². The van der Waals surface area contributed by atoms with Crippen LogP contribution >= 0.6 is 11.3 Å². The lowest BCUT2D eigenvalue weighted by atomic mass is 10.0. The van der Waals surface area contributed by atoms with E-state index in [4.69, 9.17) is 4.74 Å². The molecule has 0 spiro atoms. The molecule has 0 radical (unpaired) electrons. The molecular formula is C20H18N2O3S. The van der Waals surface area contributed by atoms with Gasteiger partial charge in [0.1, 0.15) is 0 Å². The molecule has 3 aromatic rings. The highest BCUT2D eigenvalue weighted by molar-refractivity contribution is 7.13. The normalized spacial score (nSPS) is 14.8. The van der Waals surface area contributed by atoms with Crippen LogP contribution in [-0.2, 0) is 9.53 Å². The number of ether oxygens (including phenoxy) is 1. The Bertz CT molecular complexity index is 978. The third-order valence-electron chi connectivity index (χ3n) is 4.79. The van der Waals surface area contributed by atoms with Crippen molar-refractivity contribution in [3.63, 3.8) is 0 Å². The van der Waals surface area contributed by atoms with Gasteiger partial charge in [-0.1, -0.05) is 24.3 Å². The Morgan fingerprint density at radius 3 is 2.73 bits per heavy atom. The summed E-state index contributed by atoms with van der Waals surface area (Å²) in [4.78, 5) is 30.5. The third kappa shape index (κ3) is 2.97. The van der Waals surface area contributed by atoms with Crippen molar-refractivity contribution >= 4 is 34.1 Å². The highest BCUT2D eigenvalue weighted by atomic mass is 32.1. The summed E-state index contributed by atoms with van der Waals surface area (Å²) < 4.78 is 4.85. The fourth-order valence-corrected chi connectivity index (χ4v) is 3.77. The number of carbonyl (C=O) groups is 2. The Morgan fingerprint density at radius 1 is 1.23 bits per heavy atom. The second-order valence-corrected chi connectivity index (χ2v) is 7.45. The van der Waals surface area contributed by atoms with E-state index in [9.17, 15) is 9.59 Å². The molecule has 1 aliphatic carbocycles. The maximum Gasteiger partial charge on any atom is 0.313 e. The first kappa shape index (κ1) is 16.7. The summed E-state index contributed by atoms with van der Waals surface area (Å²) in [6, 6.07) is 13.4. The predicted molar refractivity (Wildman–Crippen MR) is 101 cm³/mol. The fraction of sp³-hybridized carbons (Fsp3) is 0.250. The topological polar surface area (TPSA) is 68.3 Å². The van der Waals surface area contributed by atoms with Gasteiger partial charge in [0.05, 0.1) is 34.2 Å². The van der Waals surface area contributed by atoms with E-state index in [1.54, 1.807) is 11.3 Å². The first-order valence-electron chi connectivity index (χ1n) is 8.43. The second kappa shape index (κ2) is 6.53. The summed E-state index contributed by atoms with van der Waals surface area (Å²) in [5.41, 5.74) is 1.57. The molecule has 6 heteroatoms. The number of rotatable bonds is 5. The van der Waals surface area contributed by atoms with Gasteiger partial charge in [0.2, 0.25) is 0 Å². The van der Waals surface area contributed by atoms with E-state index in [0.717, 1.165) is 34.3 Å². The molecule has 1 aliphatic rings. The van der Waals surface area contributed by atoms with E-state index < -0.39 is 5.41 Å². The van der Waals surface area contributed by atoms with Crippen LogP contribution in [0.3, 0.4) is 0 Å². The average molecular weight is 366 g/mol. The van der Waals surface area contributed by atoms with Crippen LogP contribution in [0.2, 0.25) is 0 Å². The van der Waals surface area contributed by atoms with E-state index in [0.29, 0.717) is 12.1 Å². The van der Waals surface area contributed by atoms with Crippen LogP contribution in [0.25, 0.3) is 21.5 Å². The summed E-state index contributed by atoms with van der Waals surface area (Å²) in [6.07, 6.45) is 1.50. The molecule has 0 unspecified atom stereocenters. The number of esters is 1. The van der Waals surface area contributed by atoms with Crippen LogP contribution in [0.4, 0.5) is 0 Å². The number of fused-ring (bicyclic) bond motifs is 1. The van der Waals surface area contributed by atoms with Crippen LogP contribution in [0.5, 0.6) is 0 Å². The van der Waals surface area contributed by atoms with E-state index >= 15 is 0 Å². The number of hydrogen-bond donors (Lipinski definition) is 1. The van der Waals surface area contributed by atoms with Crippen molar-refractivity contribution in [3.05, 3.63) is 53.4 Å². The highest BCUT2D eigenvalue weighted by Gasteiger charge is 2.51. The van der Waals surface area contributed by atoms with Gasteiger partial charge in [-0.15, -0.1) is 11.3 Å². The summed E-state index contributed by atoms with van der Waals surface area (Å²) in [5.74, 6) is -0.451. The number of nitrogens with one attached hydrogen (secondary N) is 1. The quantitative estimate of drug-likeness (QED) is 0.700. The zero-order valence-corrected chi connectivity index (χ0v) is 15.1. The van der Waals surface area contributed by atoms with Crippen LogP contribution in [0.1, 0.15) is 23.2 Å². The molecule has 0 bridgehead atoms. The van der Waals surface area contributed by atoms with Crippen molar-refractivity contribution in [2.75, 3.05) is 13.7 Å². The highest BCUT2D eigenvalue weighted by Crippen LogP contribution is 2.46. The van der Waals surface area contributed by atoms with Gasteiger partial charge in [-0.2, -0.15) is 0 Å². The maximum atomic E-state index is 12.9. The Morgan fingerprint density at radius 2 is 2.04 bits per heavy atom. The number of pyridine rings is 1. The number of aromatic nitrogens is 1. The molecule has 0 aliphatic heterocycles. The van der Waals surface area contributed by atoms with Gasteiger partial charge in [-0.25, -0.2) is 4.98 Å². The number of para-hydroxylation sites is 1. The molecule has 0 atom stereocenters. The van der Waals surface area contributed by atoms with Crippen molar-refractivity contribution in [1.29, 1.82) is 0 Å². The van der Waals surface area contributed by atoms with Crippen molar-refractivity contribution in [3.8, 4) is 10.6 Å².